The summed E-state index contributed by atoms with van der Waals surface area (Å²) in [5, 5.41) is 9.03. The predicted molar refractivity (Wildman–Crippen MR) is 123 cm³/mol. The SMILES string of the molecule is CCc1nc(-c2csc(S(=O)(=O)N3CCC[C@H](C(=O)Nc4cc(Cl)ccc4C)C3)c2)no1. The van der Waals surface area contributed by atoms with E-state index in [1.54, 1.807) is 23.6 Å². The molecule has 2 aromatic heterocycles. The zero-order chi connectivity index (χ0) is 22.9. The highest BCUT2D eigenvalue weighted by atomic mass is 35.5. The summed E-state index contributed by atoms with van der Waals surface area (Å²) in [5.41, 5.74) is 2.12. The van der Waals surface area contributed by atoms with E-state index in [9.17, 15) is 13.2 Å². The number of hydrogen-bond donors (Lipinski definition) is 1. The molecule has 1 saturated heterocycles. The number of anilines is 1. The highest BCUT2D eigenvalue weighted by Gasteiger charge is 2.34. The Bertz CT molecular complexity index is 1240. The summed E-state index contributed by atoms with van der Waals surface area (Å²) in [6.07, 6.45) is 1.83. The van der Waals surface area contributed by atoms with Crippen LogP contribution in [0.4, 0.5) is 5.69 Å². The smallest absolute Gasteiger partial charge is 0.252 e. The number of carbonyl (C=O) groups is 1. The van der Waals surface area contributed by atoms with Crippen molar-refractivity contribution in [3.05, 3.63) is 46.1 Å². The molecule has 4 rings (SSSR count). The lowest BCUT2D eigenvalue weighted by Crippen LogP contribution is -2.43. The molecule has 170 valence electrons. The number of thiophene rings is 1. The number of amides is 1. The standard InChI is InChI=1S/C21H23ClN4O4S2/c1-3-18-24-20(25-30-18)15-9-19(31-12-15)32(28,29)26-8-4-5-14(11-26)21(27)23-17-10-16(22)7-6-13(17)2/h6-7,9-10,12,14H,3-5,8,11H2,1-2H3,(H,23,27)/t14-/m0/s1. The van der Waals surface area contributed by atoms with Crippen LogP contribution in [0.15, 0.2) is 38.4 Å². The molecular formula is C21H23ClN4O4S2. The molecule has 0 aliphatic carbocycles. The van der Waals surface area contributed by atoms with E-state index in [0.717, 1.165) is 16.9 Å². The second-order valence-corrected chi connectivity index (χ2v) is 11.2. The molecule has 11 heteroatoms. The zero-order valence-corrected chi connectivity index (χ0v) is 20.1. The van der Waals surface area contributed by atoms with Gasteiger partial charge in [-0.2, -0.15) is 9.29 Å². The average molecular weight is 495 g/mol. The van der Waals surface area contributed by atoms with Gasteiger partial charge in [0.2, 0.25) is 17.6 Å². The lowest BCUT2D eigenvalue weighted by atomic mass is 9.98. The Labute approximate surface area is 195 Å². The Kier molecular flexibility index (Phi) is 6.66. The summed E-state index contributed by atoms with van der Waals surface area (Å²) < 4.78 is 33.2. The third-order valence-corrected chi connectivity index (χ3v) is 8.93. The van der Waals surface area contributed by atoms with Gasteiger partial charge in [-0.1, -0.05) is 29.7 Å². The molecule has 3 aromatic rings. The van der Waals surface area contributed by atoms with Crippen molar-refractivity contribution in [2.45, 2.75) is 37.3 Å². The van der Waals surface area contributed by atoms with Gasteiger partial charge in [-0.25, -0.2) is 8.42 Å². The van der Waals surface area contributed by atoms with Gasteiger partial charge in [0.05, 0.1) is 5.92 Å². The summed E-state index contributed by atoms with van der Waals surface area (Å²) in [5.74, 6) is 0.212. The number of hydrogen-bond acceptors (Lipinski definition) is 7. The van der Waals surface area contributed by atoms with E-state index in [1.165, 1.54) is 4.31 Å². The molecule has 1 amide bonds. The Hall–Kier alpha value is -2.27. The van der Waals surface area contributed by atoms with Crippen LogP contribution >= 0.6 is 22.9 Å². The van der Waals surface area contributed by atoms with Crippen LogP contribution < -0.4 is 5.32 Å². The molecule has 8 nitrogen and oxygen atoms in total. The van der Waals surface area contributed by atoms with Gasteiger partial charge in [0.1, 0.15) is 4.21 Å². The molecule has 0 radical (unpaired) electrons. The van der Waals surface area contributed by atoms with Crippen LogP contribution in [-0.4, -0.2) is 41.9 Å². The Balaban J connectivity index is 1.48. The van der Waals surface area contributed by atoms with Crippen LogP contribution in [-0.2, 0) is 21.2 Å². The van der Waals surface area contributed by atoms with Crippen LogP contribution in [0.2, 0.25) is 5.02 Å². The van der Waals surface area contributed by atoms with E-state index in [-0.39, 0.29) is 16.7 Å². The van der Waals surface area contributed by atoms with E-state index in [1.807, 2.05) is 19.9 Å². The van der Waals surface area contributed by atoms with Gasteiger partial charge in [0.25, 0.3) is 10.0 Å². The van der Waals surface area contributed by atoms with E-state index in [0.29, 0.717) is 53.8 Å². The predicted octanol–water partition coefficient (Wildman–Crippen LogP) is 4.36. The minimum absolute atomic E-state index is 0.128. The molecule has 1 N–H and O–H groups in total. The van der Waals surface area contributed by atoms with Crippen LogP contribution in [0.3, 0.4) is 0 Å². The minimum Gasteiger partial charge on any atom is -0.339 e. The lowest BCUT2D eigenvalue weighted by Gasteiger charge is -2.31. The largest absolute Gasteiger partial charge is 0.339 e. The van der Waals surface area contributed by atoms with Crippen LogP contribution in [0.5, 0.6) is 0 Å². The van der Waals surface area contributed by atoms with Crippen LogP contribution in [0, 0.1) is 12.8 Å². The van der Waals surface area contributed by atoms with E-state index >= 15 is 0 Å². The van der Waals surface area contributed by atoms with E-state index < -0.39 is 15.9 Å². The molecule has 1 aliphatic heterocycles. The van der Waals surface area contributed by atoms with E-state index in [4.69, 9.17) is 16.1 Å². The fourth-order valence-corrected chi connectivity index (χ4v) is 6.56. The summed E-state index contributed by atoms with van der Waals surface area (Å²) in [6, 6.07) is 6.84. The summed E-state index contributed by atoms with van der Waals surface area (Å²) >= 11 is 7.15. The van der Waals surface area contributed by atoms with Gasteiger partial charge < -0.3 is 9.84 Å². The number of aromatic nitrogens is 2. The third-order valence-electron chi connectivity index (χ3n) is 5.41. The Morgan fingerprint density at radius 2 is 2.19 bits per heavy atom. The number of sulfonamides is 1. The maximum absolute atomic E-state index is 13.2. The number of rotatable bonds is 6. The Morgan fingerprint density at radius 3 is 2.94 bits per heavy atom. The minimum atomic E-state index is -3.74. The average Bonchev–Trinajstić information content (AvgIpc) is 3.46. The van der Waals surface area contributed by atoms with Gasteiger partial charge in [-0.05, 0) is 43.5 Å². The van der Waals surface area contributed by atoms with Gasteiger partial charge in [0.15, 0.2) is 0 Å². The first-order valence-corrected chi connectivity index (χ1v) is 13.0. The van der Waals surface area contributed by atoms with Crippen molar-refractivity contribution in [1.82, 2.24) is 14.4 Å². The molecule has 0 spiro atoms. The quantitative estimate of drug-likeness (QED) is 0.545. The van der Waals surface area contributed by atoms with Gasteiger partial charge in [0, 0.05) is 41.2 Å². The molecule has 1 aliphatic rings. The van der Waals surface area contributed by atoms with Crippen LogP contribution in [0.1, 0.15) is 31.2 Å². The molecule has 0 unspecified atom stereocenters. The molecule has 0 bridgehead atoms. The topological polar surface area (TPSA) is 105 Å². The number of aryl methyl sites for hydroxylation is 2. The maximum atomic E-state index is 13.2. The van der Waals surface area contributed by atoms with Gasteiger partial charge in [-0.3, -0.25) is 4.79 Å². The number of halogens is 1. The Morgan fingerprint density at radius 1 is 1.38 bits per heavy atom. The summed E-state index contributed by atoms with van der Waals surface area (Å²) in [4.78, 5) is 17.1. The van der Waals surface area contributed by atoms with Gasteiger partial charge >= 0.3 is 0 Å². The monoisotopic (exact) mass is 494 g/mol. The van der Waals surface area contributed by atoms with Crippen molar-refractivity contribution >= 4 is 44.6 Å². The summed E-state index contributed by atoms with van der Waals surface area (Å²) in [7, 11) is -3.74. The number of piperidine rings is 1. The van der Waals surface area contributed by atoms with Crippen molar-refractivity contribution in [3.63, 3.8) is 0 Å². The fourth-order valence-electron chi connectivity index (χ4n) is 3.55. The highest BCUT2D eigenvalue weighted by molar-refractivity contribution is 7.91. The first-order chi connectivity index (χ1) is 15.3. The number of carbonyl (C=O) groups excluding carboxylic acids is 1. The first kappa shape index (κ1) is 22.9. The van der Waals surface area contributed by atoms with Crippen molar-refractivity contribution < 1.29 is 17.7 Å². The second-order valence-electron chi connectivity index (χ2n) is 7.67. The molecule has 32 heavy (non-hydrogen) atoms. The number of benzene rings is 1. The van der Waals surface area contributed by atoms with Crippen molar-refractivity contribution in [2.24, 2.45) is 5.92 Å². The maximum Gasteiger partial charge on any atom is 0.252 e. The molecule has 1 atom stereocenters. The molecule has 1 aromatic carbocycles. The van der Waals surface area contributed by atoms with Crippen molar-refractivity contribution in [1.29, 1.82) is 0 Å². The fraction of sp³-hybridized carbons (Fsp3) is 0.381. The lowest BCUT2D eigenvalue weighted by molar-refractivity contribution is -0.120. The molecule has 0 saturated carbocycles. The van der Waals surface area contributed by atoms with Crippen LogP contribution in [0.25, 0.3) is 11.4 Å². The number of nitrogens with zero attached hydrogens (tertiary/aromatic N) is 3. The third kappa shape index (κ3) is 4.73. The summed E-state index contributed by atoms with van der Waals surface area (Å²) in [6.45, 7) is 4.28. The van der Waals surface area contributed by atoms with Crippen molar-refractivity contribution in [3.8, 4) is 11.4 Å². The van der Waals surface area contributed by atoms with Gasteiger partial charge in [-0.15, -0.1) is 11.3 Å². The molecular weight excluding hydrogens is 472 g/mol. The highest BCUT2D eigenvalue weighted by Crippen LogP contribution is 2.32. The molecule has 1 fully saturated rings. The normalized spacial score (nSPS) is 17.4. The second kappa shape index (κ2) is 9.30. The number of nitrogens with one attached hydrogen (secondary N) is 1. The van der Waals surface area contributed by atoms with E-state index in [2.05, 4.69) is 15.5 Å². The van der Waals surface area contributed by atoms with Crippen molar-refractivity contribution in [2.75, 3.05) is 18.4 Å². The molecule has 3 heterocycles. The first-order valence-electron chi connectivity index (χ1n) is 10.3. The zero-order valence-electron chi connectivity index (χ0n) is 17.7.